The number of alkyl halides is 18. The maximum atomic E-state index is 14.1. The van der Waals surface area contributed by atoms with Gasteiger partial charge in [0.25, 0.3) is 0 Å². The molecule has 6 heterocycles. The molecule has 6 saturated carbocycles. The van der Waals surface area contributed by atoms with Crippen molar-refractivity contribution in [1.82, 2.24) is 0 Å². The van der Waals surface area contributed by atoms with Gasteiger partial charge in [-0.05, 0) is 179 Å². The van der Waals surface area contributed by atoms with E-state index in [1.54, 1.807) is 13.8 Å². The molecule has 73 heavy (non-hydrogen) atoms. The molecule has 0 radical (unpaired) electrons. The van der Waals surface area contributed by atoms with E-state index < -0.39 is 99.1 Å². The van der Waals surface area contributed by atoms with Crippen molar-refractivity contribution in [2.75, 3.05) is 0 Å². The minimum atomic E-state index is -5.34. The quantitative estimate of drug-likeness (QED) is 0.150. The third kappa shape index (κ3) is 9.72. The fourth-order valence-corrected chi connectivity index (χ4v) is 24.2. The smallest absolute Gasteiger partial charge is 0.370 e. The van der Waals surface area contributed by atoms with Crippen molar-refractivity contribution >= 4 is 95.6 Å². The van der Waals surface area contributed by atoms with E-state index in [2.05, 4.69) is 109 Å². The predicted octanol–water partition coefficient (Wildman–Crippen LogP) is 16.8. The van der Waals surface area contributed by atoms with E-state index in [0.29, 0.717) is 36.9 Å². The van der Waals surface area contributed by atoms with Crippen LogP contribution in [-0.4, -0.2) is 100 Å². The minimum absolute atomic E-state index is 0.0777. The Balaban J connectivity index is 0.000000126. The molecule has 12 fully saturated rings. The number of fused-ring (bicyclic) bond motifs is 6. The van der Waals surface area contributed by atoms with Crippen LogP contribution in [-0.2, 0) is 28.4 Å². The second-order valence-corrected chi connectivity index (χ2v) is 38.1. The first-order chi connectivity index (χ1) is 33.3. The Bertz CT molecular complexity index is 1860. The van der Waals surface area contributed by atoms with Gasteiger partial charge in [-0.25, -0.2) is 0 Å². The third-order valence-corrected chi connectivity index (χ3v) is 24.7. The van der Waals surface area contributed by atoms with Crippen molar-refractivity contribution in [3.63, 3.8) is 0 Å². The highest BCUT2D eigenvalue weighted by Gasteiger charge is 2.81. The van der Waals surface area contributed by atoms with Crippen LogP contribution in [0.1, 0.15) is 143 Å². The molecule has 18 atom stereocenters. The first-order valence-corrected chi connectivity index (χ1v) is 30.5. The molecule has 0 N–H and O–H groups in total. The zero-order valence-corrected chi connectivity index (χ0v) is 50.1. The van der Waals surface area contributed by atoms with Crippen LogP contribution in [0.25, 0.3) is 0 Å². The molecule has 0 aromatic carbocycles. The number of rotatable bonds is 6. The molecule has 0 amide bonds. The summed E-state index contributed by atoms with van der Waals surface area (Å²) in [5.41, 5.74) is -8.27. The van der Waals surface area contributed by atoms with Gasteiger partial charge in [-0.2, -0.15) is 52.7 Å². The Morgan fingerprint density at radius 2 is 0.548 bits per heavy atom. The molecular weight excluding hydrogens is 1390 g/mol. The molecule has 0 bridgehead atoms. The predicted molar refractivity (Wildman–Crippen MR) is 265 cm³/mol. The zero-order chi connectivity index (χ0) is 53.6. The van der Waals surface area contributed by atoms with Crippen LogP contribution < -0.4 is 0 Å². The van der Waals surface area contributed by atoms with Gasteiger partial charge in [0.2, 0.25) is 0 Å². The molecule has 0 spiro atoms. The molecule has 24 heteroatoms. The summed E-state index contributed by atoms with van der Waals surface area (Å²) in [4.78, 5) is 0. The SMILES string of the molecule is CC12CCC(C(C3CCC4(C)OC4C3)(C(Br)(Br)Br)C(Br)(Br)Br)CC1O2.CC12CCC(C(C3CCC4(C)OC4C3)(C(F)(F)F)C(F)(F)F)CC1O2.FC(F)(F)C(C1CCC2OC2C1)(C1CCC2OC2C1)C(F)(F)F. The van der Waals surface area contributed by atoms with Crippen LogP contribution in [0.4, 0.5) is 52.7 Å². The van der Waals surface area contributed by atoms with Gasteiger partial charge >= 0.3 is 24.7 Å². The monoisotopic (exact) mass is 1450 g/mol. The normalized spacial score (nSPS) is 45.9. The maximum absolute atomic E-state index is 14.1. The van der Waals surface area contributed by atoms with Crippen molar-refractivity contribution < 1.29 is 81.1 Å². The Labute approximate surface area is 468 Å². The van der Waals surface area contributed by atoms with E-state index in [-0.39, 0.29) is 93.0 Å². The average Bonchev–Trinajstić information content (AvgIpc) is 3.98. The standard InChI is InChI=1S/C17H22Br6O2.C17H22F6O2.C15H18F6O2/c2*1-13-5-3-9(7-11(13)24-13)15(16(18,19)20,17(21,22)23)10-4-6-14(2)12(8-10)25-14;16-14(17,18)13(15(19,20)21,7-1-3-9-11(5-7)22-9)8-2-4-10-12(6-8)23-10/h2*9-12H,3-8H2,1-2H3;7-12H,1-6H2. The van der Waals surface area contributed by atoms with Crippen molar-refractivity contribution in [1.29, 1.82) is 0 Å². The number of halogens is 18. The summed E-state index contributed by atoms with van der Waals surface area (Å²) in [6.07, 6.45) is -15.8. The van der Waals surface area contributed by atoms with E-state index in [4.69, 9.17) is 28.4 Å². The Hall–Kier alpha value is 1.80. The van der Waals surface area contributed by atoms with Crippen molar-refractivity contribution in [2.45, 2.75) is 243 Å². The summed E-state index contributed by atoms with van der Waals surface area (Å²) in [5, 5.41) is 0. The molecule has 6 aliphatic carbocycles. The molecule has 420 valence electrons. The van der Waals surface area contributed by atoms with Crippen LogP contribution in [0.2, 0.25) is 0 Å². The van der Waals surface area contributed by atoms with Crippen LogP contribution in [0.3, 0.4) is 0 Å². The van der Waals surface area contributed by atoms with Crippen LogP contribution in [0.15, 0.2) is 0 Å². The van der Waals surface area contributed by atoms with Gasteiger partial charge in [-0.3, -0.25) is 0 Å². The number of ether oxygens (including phenoxy) is 6. The molecule has 0 aromatic heterocycles. The Morgan fingerprint density at radius 3 is 0.753 bits per heavy atom. The summed E-state index contributed by atoms with van der Waals surface area (Å²) >= 11 is 23.8. The third-order valence-electron chi connectivity index (χ3n) is 20.8. The minimum Gasteiger partial charge on any atom is -0.370 e. The van der Waals surface area contributed by atoms with Gasteiger partial charge < -0.3 is 28.4 Å². The second-order valence-electron chi connectivity index (χ2n) is 24.6. The summed E-state index contributed by atoms with van der Waals surface area (Å²) in [7, 11) is 0. The van der Waals surface area contributed by atoms with E-state index in [1.807, 2.05) is 0 Å². The van der Waals surface area contributed by atoms with Crippen molar-refractivity contribution in [3.8, 4) is 0 Å². The average molecular weight is 1450 g/mol. The highest BCUT2D eigenvalue weighted by molar-refractivity contribution is 9.40. The van der Waals surface area contributed by atoms with E-state index in [0.717, 1.165) is 38.5 Å². The van der Waals surface area contributed by atoms with Gasteiger partial charge in [0, 0.05) is 5.41 Å². The van der Waals surface area contributed by atoms with E-state index in [1.165, 1.54) is 0 Å². The molecular formula is C49H62Br6F12O6. The van der Waals surface area contributed by atoms with Crippen LogP contribution in [0, 0.1) is 51.8 Å². The lowest BCUT2D eigenvalue weighted by atomic mass is 9.56. The lowest BCUT2D eigenvalue weighted by Gasteiger charge is -2.57. The molecule has 6 aliphatic heterocycles. The van der Waals surface area contributed by atoms with E-state index in [9.17, 15) is 52.7 Å². The van der Waals surface area contributed by atoms with Gasteiger partial charge in [-0.15, -0.1) is 0 Å². The lowest BCUT2D eigenvalue weighted by Crippen LogP contribution is -2.61. The largest absolute Gasteiger partial charge is 0.403 e. The number of hydrogen-bond donors (Lipinski definition) is 0. The molecule has 6 saturated heterocycles. The second kappa shape index (κ2) is 18.4. The number of epoxide rings is 6. The first-order valence-electron chi connectivity index (χ1n) is 25.7. The Kier molecular flexibility index (Phi) is 14.6. The highest BCUT2D eigenvalue weighted by atomic mass is 80.0. The fourth-order valence-electron chi connectivity index (χ4n) is 16.1. The maximum Gasteiger partial charge on any atom is 0.403 e. The topological polar surface area (TPSA) is 75.2 Å². The number of hydrogen-bond acceptors (Lipinski definition) is 6. The van der Waals surface area contributed by atoms with Gasteiger partial charge in [-0.1, -0.05) is 95.6 Å². The lowest BCUT2D eigenvalue weighted by molar-refractivity contribution is -0.382. The Morgan fingerprint density at radius 1 is 0.315 bits per heavy atom. The molecule has 6 nitrogen and oxygen atoms in total. The molecule has 18 unspecified atom stereocenters. The van der Waals surface area contributed by atoms with Crippen molar-refractivity contribution in [3.05, 3.63) is 0 Å². The molecule has 0 aromatic rings. The zero-order valence-electron chi connectivity index (χ0n) is 40.6. The highest BCUT2D eigenvalue weighted by Crippen LogP contribution is 2.76. The summed E-state index contributed by atoms with van der Waals surface area (Å²) in [6, 6.07) is 0. The summed E-state index contributed by atoms with van der Waals surface area (Å²) in [6.45, 7) is 8.04. The van der Waals surface area contributed by atoms with Gasteiger partial charge in [0.1, 0.15) is 4.29 Å². The fraction of sp³-hybridized carbons (Fsp3) is 1.00. The van der Waals surface area contributed by atoms with E-state index >= 15 is 0 Å². The molecule has 12 rings (SSSR count). The van der Waals surface area contributed by atoms with Gasteiger partial charge in [0.05, 0.1) is 71.2 Å². The summed E-state index contributed by atoms with van der Waals surface area (Å²) < 4.78 is 201. The summed E-state index contributed by atoms with van der Waals surface area (Å²) in [5.74, 6) is -4.91. The first kappa shape index (κ1) is 58.0. The van der Waals surface area contributed by atoms with Crippen molar-refractivity contribution in [2.24, 2.45) is 51.8 Å². The van der Waals surface area contributed by atoms with Gasteiger partial charge in [0.15, 0.2) is 10.8 Å². The van der Waals surface area contributed by atoms with Crippen LogP contribution >= 0.6 is 95.6 Å². The molecule has 12 aliphatic rings. The van der Waals surface area contributed by atoms with Crippen LogP contribution in [0.5, 0.6) is 0 Å².